The number of methoxy groups -OCH3 is 1. The molecule has 0 aliphatic heterocycles. The third-order valence-corrected chi connectivity index (χ3v) is 6.16. The van der Waals surface area contributed by atoms with Gasteiger partial charge in [0.1, 0.15) is 11.9 Å². The summed E-state index contributed by atoms with van der Waals surface area (Å²) in [4.78, 5) is 63.0. The molecular weight excluding hydrogens is 456 g/mol. The van der Waals surface area contributed by atoms with E-state index in [1.807, 2.05) is 13.8 Å². The zero-order valence-corrected chi connectivity index (χ0v) is 21.8. The molecule has 1 saturated carbocycles. The average Bonchev–Trinajstić information content (AvgIpc) is 2.70. The molecule has 2 atom stereocenters. The number of ether oxygens (including phenoxy) is 4. The van der Waals surface area contributed by atoms with E-state index in [0.29, 0.717) is 5.56 Å². The SMILES string of the molecule is COC(=O)c1cc(C(C)C)c(OC(C)=O)c(OC(C)=O)c1[C@@]1(C)C[C@@H](OC(C)=O)CC(C)(C)C1=O. The second-order valence-electron chi connectivity index (χ2n) is 10.1. The van der Waals surface area contributed by atoms with Gasteiger partial charge >= 0.3 is 23.9 Å². The second-order valence-corrected chi connectivity index (χ2v) is 10.1. The Balaban J connectivity index is 3.05. The second kappa shape index (κ2) is 10.2. The van der Waals surface area contributed by atoms with Crippen molar-refractivity contribution in [3.05, 3.63) is 22.8 Å². The quantitative estimate of drug-likeness (QED) is 0.430. The van der Waals surface area contributed by atoms with E-state index < -0.39 is 40.8 Å². The van der Waals surface area contributed by atoms with Crippen molar-refractivity contribution < 1.29 is 42.9 Å². The van der Waals surface area contributed by atoms with Gasteiger partial charge in [-0.1, -0.05) is 27.7 Å². The number of Topliss-reactive ketones (excluding diaryl/α,β-unsaturated/α-hetero) is 1. The van der Waals surface area contributed by atoms with Gasteiger partial charge < -0.3 is 18.9 Å². The molecule has 9 heteroatoms. The van der Waals surface area contributed by atoms with Gasteiger partial charge in [-0.05, 0) is 25.3 Å². The van der Waals surface area contributed by atoms with Gasteiger partial charge in [0.25, 0.3) is 0 Å². The summed E-state index contributed by atoms with van der Waals surface area (Å²) in [5.74, 6) is -3.43. The summed E-state index contributed by atoms with van der Waals surface area (Å²) in [5.41, 5.74) is -1.94. The molecule has 0 amide bonds. The Morgan fingerprint density at radius 3 is 1.91 bits per heavy atom. The topological polar surface area (TPSA) is 122 Å². The van der Waals surface area contributed by atoms with Crippen molar-refractivity contribution >= 4 is 29.7 Å². The Hall–Kier alpha value is -3.23. The fraction of sp³-hybridized carbons (Fsp3) is 0.577. The number of hydrogen-bond acceptors (Lipinski definition) is 9. The van der Waals surface area contributed by atoms with Crippen LogP contribution in [0.15, 0.2) is 6.07 Å². The fourth-order valence-electron chi connectivity index (χ4n) is 4.96. The normalized spacial score (nSPS) is 21.3. The Morgan fingerprint density at radius 1 is 0.914 bits per heavy atom. The predicted molar refractivity (Wildman–Crippen MR) is 125 cm³/mol. The molecule has 35 heavy (non-hydrogen) atoms. The summed E-state index contributed by atoms with van der Waals surface area (Å²) in [6, 6.07) is 1.50. The number of hydrogen-bond donors (Lipinski definition) is 0. The molecule has 1 fully saturated rings. The van der Waals surface area contributed by atoms with Crippen LogP contribution in [0.2, 0.25) is 0 Å². The van der Waals surface area contributed by atoms with Crippen molar-refractivity contribution in [2.45, 2.75) is 85.7 Å². The van der Waals surface area contributed by atoms with E-state index in [0.717, 1.165) is 6.92 Å². The van der Waals surface area contributed by atoms with Crippen LogP contribution < -0.4 is 9.47 Å². The molecule has 1 aromatic rings. The third kappa shape index (κ3) is 5.71. The van der Waals surface area contributed by atoms with Crippen molar-refractivity contribution in [2.75, 3.05) is 7.11 Å². The van der Waals surface area contributed by atoms with Gasteiger partial charge in [-0.2, -0.15) is 0 Å². The first-order chi connectivity index (χ1) is 16.0. The standard InChI is InChI=1S/C26H34O9/c1-13(2)18-10-19(23(30)32-9)20(22(35-16(5)29)21(18)34-15(4)28)26(8)12-17(33-14(3)27)11-25(6,7)24(26)31/h10,13,17H,11-12H2,1-9H3/t17-,26+/m0/s1. The number of esters is 4. The predicted octanol–water partition coefficient (Wildman–Crippen LogP) is 4.03. The molecule has 192 valence electrons. The minimum atomic E-state index is -1.46. The lowest BCUT2D eigenvalue weighted by molar-refractivity contribution is -0.157. The van der Waals surface area contributed by atoms with Crippen molar-refractivity contribution in [3.8, 4) is 11.5 Å². The summed E-state index contributed by atoms with van der Waals surface area (Å²) in [6.45, 7) is 12.3. The minimum Gasteiger partial charge on any atom is -0.465 e. The monoisotopic (exact) mass is 490 g/mol. The van der Waals surface area contributed by atoms with Crippen LogP contribution in [0.3, 0.4) is 0 Å². The van der Waals surface area contributed by atoms with E-state index in [1.165, 1.54) is 27.0 Å². The summed E-state index contributed by atoms with van der Waals surface area (Å²) >= 11 is 0. The lowest BCUT2D eigenvalue weighted by Crippen LogP contribution is -2.52. The highest BCUT2D eigenvalue weighted by Gasteiger charge is 2.54. The molecule has 0 unspecified atom stereocenters. The lowest BCUT2D eigenvalue weighted by Gasteiger charge is -2.45. The van der Waals surface area contributed by atoms with E-state index in [4.69, 9.17) is 18.9 Å². The van der Waals surface area contributed by atoms with E-state index in [-0.39, 0.29) is 47.2 Å². The number of carbonyl (C=O) groups is 5. The summed E-state index contributed by atoms with van der Waals surface area (Å²) in [7, 11) is 1.20. The minimum absolute atomic E-state index is 0.00141. The Bertz CT molecular complexity index is 1070. The van der Waals surface area contributed by atoms with Gasteiger partial charge in [0, 0.05) is 43.7 Å². The van der Waals surface area contributed by atoms with Gasteiger partial charge in [0.05, 0.1) is 18.1 Å². The molecule has 2 rings (SSSR count). The van der Waals surface area contributed by atoms with Gasteiger partial charge in [-0.15, -0.1) is 0 Å². The summed E-state index contributed by atoms with van der Waals surface area (Å²) < 4.78 is 21.6. The van der Waals surface area contributed by atoms with Crippen LogP contribution in [0.4, 0.5) is 0 Å². The van der Waals surface area contributed by atoms with E-state index >= 15 is 0 Å². The molecule has 0 heterocycles. The first kappa shape index (κ1) is 28.0. The molecule has 9 nitrogen and oxygen atoms in total. The summed E-state index contributed by atoms with van der Waals surface area (Å²) in [5, 5.41) is 0. The zero-order valence-electron chi connectivity index (χ0n) is 21.8. The number of carbonyl (C=O) groups excluding carboxylic acids is 5. The highest BCUT2D eigenvalue weighted by Crippen LogP contribution is 2.53. The number of benzene rings is 1. The van der Waals surface area contributed by atoms with Crippen LogP contribution in [0.25, 0.3) is 0 Å². The van der Waals surface area contributed by atoms with E-state index in [2.05, 4.69) is 0 Å². The molecule has 0 N–H and O–H groups in total. The van der Waals surface area contributed by atoms with Crippen LogP contribution >= 0.6 is 0 Å². The lowest BCUT2D eigenvalue weighted by atomic mass is 9.58. The largest absolute Gasteiger partial charge is 0.465 e. The van der Waals surface area contributed by atoms with Crippen LogP contribution in [0.1, 0.15) is 95.6 Å². The van der Waals surface area contributed by atoms with Crippen LogP contribution in [0, 0.1) is 5.41 Å². The van der Waals surface area contributed by atoms with Gasteiger partial charge in [-0.3, -0.25) is 19.2 Å². The maximum absolute atomic E-state index is 13.9. The number of ketones is 1. The molecule has 1 aliphatic rings. The Morgan fingerprint density at radius 2 is 1.46 bits per heavy atom. The molecule has 0 aromatic heterocycles. The van der Waals surface area contributed by atoms with Crippen molar-refractivity contribution in [2.24, 2.45) is 5.41 Å². The Kier molecular flexibility index (Phi) is 8.14. The van der Waals surface area contributed by atoms with Gasteiger partial charge in [-0.25, -0.2) is 4.79 Å². The highest BCUT2D eigenvalue weighted by atomic mass is 16.6. The van der Waals surface area contributed by atoms with Gasteiger partial charge in [0.2, 0.25) is 0 Å². The van der Waals surface area contributed by atoms with E-state index in [1.54, 1.807) is 20.8 Å². The smallest absolute Gasteiger partial charge is 0.338 e. The molecule has 0 radical (unpaired) electrons. The van der Waals surface area contributed by atoms with Crippen molar-refractivity contribution in [1.29, 1.82) is 0 Å². The highest BCUT2D eigenvalue weighted by molar-refractivity contribution is 6.02. The summed E-state index contributed by atoms with van der Waals surface area (Å²) in [6.07, 6.45) is -0.353. The van der Waals surface area contributed by atoms with E-state index in [9.17, 15) is 24.0 Å². The molecule has 0 bridgehead atoms. The van der Waals surface area contributed by atoms with Gasteiger partial charge in [0.15, 0.2) is 11.5 Å². The van der Waals surface area contributed by atoms with Crippen LogP contribution in [-0.4, -0.2) is 42.9 Å². The first-order valence-electron chi connectivity index (χ1n) is 11.4. The molecule has 0 saturated heterocycles. The van der Waals surface area contributed by atoms with Crippen molar-refractivity contribution in [1.82, 2.24) is 0 Å². The maximum atomic E-state index is 13.9. The molecule has 0 spiro atoms. The Labute approximate surface area is 205 Å². The first-order valence-corrected chi connectivity index (χ1v) is 11.4. The number of rotatable bonds is 6. The third-order valence-electron chi connectivity index (χ3n) is 6.16. The van der Waals surface area contributed by atoms with Crippen molar-refractivity contribution in [3.63, 3.8) is 0 Å². The zero-order chi connectivity index (χ0) is 26.9. The molecular formula is C26H34O9. The van der Waals surface area contributed by atoms with Crippen LogP contribution in [0.5, 0.6) is 11.5 Å². The molecule has 1 aromatic carbocycles. The fourth-order valence-corrected chi connectivity index (χ4v) is 4.96. The van der Waals surface area contributed by atoms with Crippen LogP contribution in [-0.2, 0) is 34.1 Å². The molecule has 1 aliphatic carbocycles. The maximum Gasteiger partial charge on any atom is 0.338 e. The average molecular weight is 491 g/mol.